The maximum Gasteiger partial charge on any atom is 0.411 e. The van der Waals surface area contributed by atoms with E-state index in [1.54, 1.807) is 0 Å². The summed E-state index contributed by atoms with van der Waals surface area (Å²) in [4.78, 5) is 0. The van der Waals surface area contributed by atoms with Crippen LogP contribution in [0.25, 0.3) is 0 Å². The third-order valence-electron chi connectivity index (χ3n) is 1.86. The maximum absolute atomic E-state index is 11.8. The van der Waals surface area contributed by atoms with Crippen LogP contribution >= 0.6 is 23.2 Å². The third kappa shape index (κ3) is 5.12. The number of hydrogen-bond donors (Lipinski definition) is 1. The van der Waals surface area contributed by atoms with Crippen LogP contribution in [-0.2, 0) is 4.74 Å². The first-order valence-electron chi connectivity index (χ1n) is 4.57. The van der Waals surface area contributed by atoms with Crippen molar-refractivity contribution in [3.05, 3.63) is 33.8 Å². The molecule has 1 aromatic carbocycles. The highest BCUT2D eigenvalue weighted by molar-refractivity contribution is 6.33. The largest absolute Gasteiger partial charge is 0.411 e. The molecular formula is C10H9Cl2F3O2. The van der Waals surface area contributed by atoms with E-state index in [0.29, 0.717) is 5.02 Å². The monoisotopic (exact) mass is 288 g/mol. The number of aliphatic hydroxyl groups excluding tert-OH is 1. The van der Waals surface area contributed by atoms with Crippen LogP contribution < -0.4 is 0 Å². The van der Waals surface area contributed by atoms with Crippen LogP contribution in [0.4, 0.5) is 13.2 Å². The van der Waals surface area contributed by atoms with Gasteiger partial charge >= 0.3 is 6.18 Å². The predicted molar refractivity (Wildman–Crippen MR) is 58.3 cm³/mol. The summed E-state index contributed by atoms with van der Waals surface area (Å²) >= 11 is 11.4. The Bertz CT molecular complexity index is 382. The number of benzene rings is 1. The average molecular weight is 289 g/mol. The summed E-state index contributed by atoms with van der Waals surface area (Å²) in [6.07, 6.45) is -5.67. The number of rotatable bonds is 4. The van der Waals surface area contributed by atoms with Gasteiger partial charge in [0.1, 0.15) is 12.7 Å². The van der Waals surface area contributed by atoms with Crippen molar-refractivity contribution in [3.8, 4) is 0 Å². The van der Waals surface area contributed by atoms with Crippen molar-refractivity contribution in [2.24, 2.45) is 0 Å². The number of ether oxygens (including phenoxy) is 1. The lowest BCUT2D eigenvalue weighted by atomic mass is 10.1. The molecule has 1 N–H and O–H groups in total. The molecule has 0 aliphatic carbocycles. The Balaban J connectivity index is 2.58. The van der Waals surface area contributed by atoms with E-state index in [1.807, 2.05) is 0 Å². The second-order valence-electron chi connectivity index (χ2n) is 3.31. The molecule has 0 amide bonds. The SMILES string of the molecule is OC(COCC(F)(F)F)c1cc(Cl)ccc1Cl. The summed E-state index contributed by atoms with van der Waals surface area (Å²) in [5.41, 5.74) is 0.237. The fourth-order valence-corrected chi connectivity index (χ4v) is 1.57. The van der Waals surface area contributed by atoms with E-state index in [2.05, 4.69) is 4.74 Å². The normalized spacial score (nSPS) is 13.8. The molecule has 0 heterocycles. The molecule has 0 saturated heterocycles. The van der Waals surface area contributed by atoms with Gasteiger partial charge in [0.15, 0.2) is 0 Å². The van der Waals surface area contributed by atoms with Gasteiger partial charge < -0.3 is 9.84 Å². The molecule has 0 aromatic heterocycles. The summed E-state index contributed by atoms with van der Waals surface area (Å²) in [6, 6.07) is 4.34. The van der Waals surface area contributed by atoms with E-state index in [-0.39, 0.29) is 10.6 Å². The Morgan fingerprint density at radius 2 is 1.94 bits per heavy atom. The molecule has 0 spiro atoms. The molecule has 0 bridgehead atoms. The van der Waals surface area contributed by atoms with Gasteiger partial charge in [0.05, 0.1) is 6.61 Å². The van der Waals surface area contributed by atoms with Gasteiger partial charge in [0.2, 0.25) is 0 Å². The highest BCUT2D eigenvalue weighted by atomic mass is 35.5. The lowest BCUT2D eigenvalue weighted by Gasteiger charge is -2.14. The summed E-state index contributed by atoms with van der Waals surface area (Å²) in [5.74, 6) is 0. The zero-order valence-corrected chi connectivity index (χ0v) is 9.98. The van der Waals surface area contributed by atoms with Gasteiger partial charge in [0.25, 0.3) is 0 Å². The zero-order chi connectivity index (χ0) is 13.1. The molecule has 7 heteroatoms. The van der Waals surface area contributed by atoms with Crippen LogP contribution in [0, 0.1) is 0 Å². The summed E-state index contributed by atoms with van der Waals surface area (Å²) < 4.78 is 39.7. The second-order valence-corrected chi connectivity index (χ2v) is 4.16. The minimum Gasteiger partial charge on any atom is -0.386 e. The van der Waals surface area contributed by atoms with Crippen molar-refractivity contribution >= 4 is 23.2 Å². The predicted octanol–water partition coefficient (Wildman–Crippen LogP) is 3.61. The smallest absolute Gasteiger partial charge is 0.386 e. The van der Waals surface area contributed by atoms with Crippen LogP contribution in [-0.4, -0.2) is 24.5 Å². The van der Waals surface area contributed by atoms with Crippen molar-refractivity contribution in [2.75, 3.05) is 13.2 Å². The minimum absolute atomic E-state index is 0.220. The van der Waals surface area contributed by atoms with Gasteiger partial charge in [-0.3, -0.25) is 0 Å². The first kappa shape index (κ1) is 14.6. The van der Waals surface area contributed by atoms with Crippen LogP contribution in [0.2, 0.25) is 10.0 Å². The van der Waals surface area contributed by atoms with Crippen molar-refractivity contribution in [3.63, 3.8) is 0 Å². The Labute approximate surface area is 106 Å². The Kier molecular flexibility index (Phi) is 5.06. The van der Waals surface area contributed by atoms with Crippen molar-refractivity contribution < 1.29 is 23.0 Å². The highest BCUT2D eigenvalue weighted by Crippen LogP contribution is 2.27. The van der Waals surface area contributed by atoms with Crippen LogP contribution in [0.15, 0.2) is 18.2 Å². The number of alkyl halides is 3. The van der Waals surface area contributed by atoms with E-state index in [0.717, 1.165) is 0 Å². The second kappa shape index (κ2) is 5.91. The quantitative estimate of drug-likeness (QED) is 0.917. The molecule has 96 valence electrons. The number of hydrogen-bond acceptors (Lipinski definition) is 2. The molecular weight excluding hydrogens is 280 g/mol. The summed E-state index contributed by atoms with van der Waals surface area (Å²) in [5, 5.41) is 10.1. The lowest BCUT2D eigenvalue weighted by Crippen LogP contribution is -2.19. The standard InChI is InChI=1S/C10H9Cl2F3O2/c11-6-1-2-8(12)7(3-6)9(16)4-17-5-10(13,14)15/h1-3,9,16H,4-5H2. The Hall–Kier alpha value is -0.490. The highest BCUT2D eigenvalue weighted by Gasteiger charge is 2.28. The molecule has 1 atom stereocenters. The van der Waals surface area contributed by atoms with Gasteiger partial charge in [-0.05, 0) is 18.2 Å². The molecule has 0 aliphatic heterocycles. The van der Waals surface area contributed by atoms with Crippen molar-refractivity contribution in [2.45, 2.75) is 12.3 Å². The molecule has 1 aromatic rings. The summed E-state index contributed by atoms with van der Waals surface area (Å²) in [6.45, 7) is -1.91. The van der Waals surface area contributed by atoms with Gasteiger partial charge in [-0.2, -0.15) is 13.2 Å². The molecule has 0 aliphatic rings. The maximum atomic E-state index is 11.8. The van der Waals surface area contributed by atoms with E-state index >= 15 is 0 Å². The van der Waals surface area contributed by atoms with E-state index in [4.69, 9.17) is 23.2 Å². The van der Waals surface area contributed by atoms with Crippen molar-refractivity contribution in [1.29, 1.82) is 0 Å². The Morgan fingerprint density at radius 3 is 2.53 bits per heavy atom. The van der Waals surface area contributed by atoms with Gasteiger partial charge in [-0.25, -0.2) is 0 Å². The van der Waals surface area contributed by atoms with Crippen molar-refractivity contribution in [1.82, 2.24) is 0 Å². The molecule has 2 nitrogen and oxygen atoms in total. The van der Waals surface area contributed by atoms with Crippen LogP contribution in [0.5, 0.6) is 0 Å². The molecule has 1 unspecified atom stereocenters. The third-order valence-corrected chi connectivity index (χ3v) is 2.44. The number of halogens is 5. The average Bonchev–Trinajstić information content (AvgIpc) is 2.19. The fourth-order valence-electron chi connectivity index (χ4n) is 1.15. The molecule has 0 saturated carbocycles. The fraction of sp³-hybridized carbons (Fsp3) is 0.400. The van der Waals surface area contributed by atoms with E-state index in [9.17, 15) is 18.3 Å². The Morgan fingerprint density at radius 1 is 1.29 bits per heavy atom. The molecule has 1 rings (SSSR count). The van der Waals surface area contributed by atoms with Gasteiger partial charge in [-0.1, -0.05) is 23.2 Å². The lowest BCUT2D eigenvalue weighted by molar-refractivity contribution is -0.179. The first-order valence-corrected chi connectivity index (χ1v) is 5.32. The zero-order valence-electron chi connectivity index (χ0n) is 8.47. The molecule has 0 radical (unpaired) electrons. The van der Waals surface area contributed by atoms with Gasteiger partial charge in [-0.15, -0.1) is 0 Å². The first-order chi connectivity index (χ1) is 7.79. The topological polar surface area (TPSA) is 29.5 Å². The van der Waals surface area contributed by atoms with E-state index in [1.165, 1.54) is 18.2 Å². The van der Waals surface area contributed by atoms with E-state index < -0.39 is 25.5 Å². The number of aliphatic hydroxyl groups is 1. The van der Waals surface area contributed by atoms with Crippen LogP contribution in [0.3, 0.4) is 0 Å². The summed E-state index contributed by atoms with van der Waals surface area (Å²) in [7, 11) is 0. The molecule has 0 fully saturated rings. The van der Waals surface area contributed by atoms with Crippen LogP contribution in [0.1, 0.15) is 11.7 Å². The minimum atomic E-state index is -4.42. The van der Waals surface area contributed by atoms with Gasteiger partial charge in [0, 0.05) is 15.6 Å². The molecule has 17 heavy (non-hydrogen) atoms.